The quantitative estimate of drug-likeness (QED) is 0.863. The van der Waals surface area contributed by atoms with E-state index in [1.54, 1.807) is 23.0 Å². The van der Waals surface area contributed by atoms with E-state index in [1.807, 2.05) is 25.3 Å². The van der Waals surface area contributed by atoms with E-state index in [0.29, 0.717) is 31.6 Å². The summed E-state index contributed by atoms with van der Waals surface area (Å²) < 4.78 is 6.97. The number of aromatic nitrogens is 2. The molecule has 0 unspecified atom stereocenters. The zero-order valence-electron chi connectivity index (χ0n) is 14.1. The van der Waals surface area contributed by atoms with Crippen LogP contribution in [-0.2, 0) is 9.53 Å². The molecule has 2 N–H and O–H groups in total. The Morgan fingerprint density at radius 2 is 1.96 bits per heavy atom. The number of hydrogen-bond donors (Lipinski definition) is 2. The minimum atomic E-state index is -0.944. The molecular formula is C18H21N3O4. The summed E-state index contributed by atoms with van der Waals surface area (Å²) in [5.74, 6) is -1.17. The van der Waals surface area contributed by atoms with Crippen LogP contribution in [0.1, 0.15) is 28.8 Å². The fourth-order valence-electron chi connectivity index (χ4n) is 2.90. The standard InChI is InChI=1S/C18H21N3O4/c1-13-10-20-21(11-13)15-4-2-14(3-5-15)16(22)19-12-18(17(23)24)6-8-25-9-7-18/h2-5,10-11H,6-9,12H2,1H3,(H,19,22)(H,23,24). The van der Waals surface area contributed by atoms with Gasteiger partial charge in [0.25, 0.3) is 5.91 Å². The third kappa shape index (κ3) is 3.71. The molecule has 1 aromatic heterocycles. The number of carboxylic acid groups (broad SMARTS) is 1. The predicted octanol–water partition coefficient (Wildman–Crippen LogP) is 1.79. The lowest BCUT2D eigenvalue weighted by Crippen LogP contribution is -2.46. The molecule has 1 saturated heterocycles. The third-order valence-corrected chi connectivity index (χ3v) is 4.60. The van der Waals surface area contributed by atoms with Gasteiger partial charge in [0.1, 0.15) is 0 Å². The van der Waals surface area contributed by atoms with Crippen LogP contribution in [-0.4, -0.2) is 46.5 Å². The maximum atomic E-state index is 12.3. The van der Waals surface area contributed by atoms with E-state index in [2.05, 4.69) is 10.4 Å². The number of rotatable bonds is 5. The lowest BCUT2D eigenvalue weighted by atomic mass is 9.80. The van der Waals surface area contributed by atoms with Gasteiger partial charge in [-0.15, -0.1) is 0 Å². The molecule has 7 heteroatoms. The Kier molecular flexibility index (Phi) is 4.85. The average Bonchev–Trinajstić information content (AvgIpc) is 3.07. The molecule has 0 saturated carbocycles. The van der Waals surface area contributed by atoms with E-state index in [9.17, 15) is 14.7 Å². The highest BCUT2D eigenvalue weighted by molar-refractivity contribution is 5.94. The fourth-order valence-corrected chi connectivity index (χ4v) is 2.90. The van der Waals surface area contributed by atoms with Crippen LogP contribution in [0.25, 0.3) is 5.69 Å². The molecular weight excluding hydrogens is 322 g/mol. The number of hydrogen-bond acceptors (Lipinski definition) is 4. The molecule has 0 radical (unpaired) electrons. The number of ether oxygens (including phenoxy) is 1. The number of aliphatic carboxylic acids is 1. The van der Waals surface area contributed by atoms with Crippen LogP contribution in [0.5, 0.6) is 0 Å². The van der Waals surface area contributed by atoms with Crippen molar-refractivity contribution in [3.63, 3.8) is 0 Å². The second kappa shape index (κ2) is 7.06. The lowest BCUT2D eigenvalue weighted by molar-refractivity contribution is -0.154. The molecule has 0 bridgehead atoms. The van der Waals surface area contributed by atoms with E-state index >= 15 is 0 Å². The van der Waals surface area contributed by atoms with E-state index in [-0.39, 0.29) is 12.5 Å². The van der Waals surface area contributed by atoms with Crippen molar-refractivity contribution in [1.82, 2.24) is 15.1 Å². The molecule has 1 fully saturated rings. The highest BCUT2D eigenvalue weighted by atomic mass is 16.5. The Morgan fingerprint density at radius 1 is 1.28 bits per heavy atom. The first kappa shape index (κ1) is 17.2. The highest BCUT2D eigenvalue weighted by Crippen LogP contribution is 2.30. The number of benzene rings is 1. The zero-order chi connectivity index (χ0) is 17.9. The molecule has 2 heterocycles. The van der Waals surface area contributed by atoms with Crippen molar-refractivity contribution < 1.29 is 19.4 Å². The summed E-state index contributed by atoms with van der Waals surface area (Å²) in [6, 6.07) is 7.03. The molecule has 0 aliphatic carbocycles. The Morgan fingerprint density at radius 3 is 2.52 bits per heavy atom. The Bertz CT molecular complexity index is 761. The van der Waals surface area contributed by atoms with Crippen molar-refractivity contribution in [2.75, 3.05) is 19.8 Å². The van der Waals surface area contributed by atoms with Crippen molar-refractivity contribution in [1.29, 1.82) is 0 Å². The molecule has 7 nitrogen and oxygen atoms in total. The molecule has 1 amide bonds. The van der Waals surface area contributed by atoms with Gasteiger partial charge in [-0.2, -0.15) is 5.10 Å². The molecule has 2 aromatic rings. The molecule has 1 aliphatic heterocycles. The van der Waals surface area contributed by atoms with Gasteiger partial charge in [0.15, 0.2) is 0 Å². The summed E-state index contributed by atoms with van der Waals surface area (Å²) in [4.78, 5) is 24.0. The number of amides is 1. The summed E-state index contributed by atoms with van der Waals surface area (Å²) in [5, 5.41) is 16.5. The summed E-state index contributed by atoms with van der Waals surface area (Å²) in [6.07, 6.45) is 4.47. The Hall–Kier alpha value is -2.67. The van der Waals surface area contributed by atoms with Gasteiger partial charge in [0.05, 0.1) is 17.3 Å². The molecule has 0 atom stereocenters. The van der Waals surface area contributed by atoms with Gasteiger partial charge < -0.3 is 15.2 Å². The predicted molar refractivity (Wildman–Crippen MR) is 90.8 cm³/mol. The van der Waals surface area contributed by atoms with Crippen molar-refractivity contribution in [3.8, 4) is 5.69 Å². The van der Waals surface area contributed by atoms with E-state index in [1.165, 1.54) is 0 Å². The monoisotopic (exact) mass is 343 g/mol. The van der Waals surface area contributed by atoms with Crippen LogP contribution in [0, 0.1) is 12.3 Å². The molecule has 1 aliphatic rings. The number of carbonyl (C=O) groups is 2. The summed E-state index contributed by atoms with van der Waals surface area (Å²) >= 11 is 0. The number of aryl methyl sites for hydroxylation is 1. The first-order valence-corrected chi connectivity index (χ1v) is 8.21. The van der Waals surface area contributed by atoms with E-state index in [0.717, 1.165) is 11.3 Å². The highest BCUT2D eigenvalue weighted by Gasteiger charge is 2.40. The van der Waals surface area contributed by atoms with Crippen molar-refractivity contribution in [2.24, 2.45) is 5.41 Å². The van der Waals surface area contributed by atoms with Gasteiger partial charge in [-0.25, -0.2) is 4.68 Å². The van der Waals surface area contributed by atoms with E-state index < -0.39 is 11.4 Å². The van der Waals surface area contributed by atoms with Crippen molar-refractivity contribution in [2.45, 2.75) is 19.8 Å². The topological polar surface area (TPSA) is 93.5 Å². The SMILES string of the molecule is Cc1cnn(-c2ccc(C(=O)NCC3(C(=O)O)CCOCC3)cc2)c1. The van der Waals surface area contributed by atoms with Gasteiger partial charge in [-0.1, -0.05) is 0 Å². The maximum Gasteiger partial charge on any atom is 0.311 e. The maximum absolute atomic E-state index is 12.3. The van der Waals surface area contributed by atoms with Crippen LogP contribution in [0.4, 0.5) is 0 Å². The van der Waals surface area contributed by atoms with Crippen LogP contribution in [0.15, 0.2) is 36.7 Å². The summed E-state index contributed by atoms with van der Waals surface area (Å²) in [6.45, 7) is 2.87. The van der Waals surface area contributed by atoms with Crippen molar-refractivity contribution >= 4 is 11.9 Å². The second-order valence-electron chi connectivity index (χ2n) is 6.39. The first-order valence-electron chi connectivity index (χ1n) is 8.21. The smallest absolute Gasteiger partial charge is 0.311 e. The normalized spacial score (nSPS) is 16.4. The van der Waals surface area contributed by atoms with Gasteiger partial charge in [-0.3, -0.25) is 9.59 Å². The Balaban J connectivity index is 1.65. The van der Waals surface area contributed by atoms with Gasteiger partial charge in [0, 0.05) is 31.5 Å². The van der Waals surface area contributed by atoms with Crippen LogP contribution < -0.4 is 5.32 Å². The molecule has 3 rings (SSSR count). The second-order valence-corrected chi connectivity index (χ2v) is 6.39. The van der Waals surface area contributed by atoms with Gasteiger partial charge in [0.2, 0.25) is 0 Å². The minimum absolute atomic E-state index is 0.102. The van der Waals surface area contributed by atoms with Crippen LogP contribution in [0.3, 0.4) is 0 Å². The van der Waals surface area contributed by atoms with Crippen molar-refractivity contribution in [3.05, 3.63) is 47.8 Å². The average molecular weight is 343 g/mol. The molecule has 0 spiro atoms. The lowest BCUT2D eigenvalue weighted by Gasteiger charge is -2.33. The molecule has 25 heavy (non-hydrogen) atoms. The molecule has 132 valence electrons. The minimum Gasteiger partial charge on any atom is -0.481 e. The molecule has 1 aromatic carbocycles. The number of nitrogens with zero attached hydrogens (tertiary/aromatic N) is 2. The largest absolute Gasteiger partial charge is 0.481 e. The number of nitrogens with one attached hydrogen (secondary N) is 1. The summed E-state index contributed by atoms with van der Waals surface area (Å²) in [5.41, 5.74) is 1.45. The fraction of sp³-hybridized carbons (Fsp3) is 0.389. The van der Waals surface area contributed by atoms with Gasteiger partial charge >= 0.3 is 5.97 Å². The van der Waals surface area contributed by atoms with Crippen LogP contribution >= 0.6 is 0 Å². The zero-order valence-corrected chi connectivity index (χ0v) is 14.1. The first-order chi connectivity index (χ1) is 12.0. The summed E-state index contributed by atoms with van der Waals surface area (Å²) in [7, 11) is 0. The van der Waals surface area contributed by atoms with E-state index in [4.69, 9.17) is 4.74 Å². The Labute approximate surface area is 145 Å². The number of carboxylic acids is 1. The third-order valence-electron chi connectivity index (χ3n) is 4.60. The number of carbonyl (C=O) groups excluding carboxylic acids is 1. The van der Waals surface area contributed by atoms with Gasteiger partial charge in [-0.05, 0) is 49.6 Å². The van der Waals surface area contributed by atoms with Crippen LogP contribution in [0.2, 0.25) is 0 Å².